The molecule has 3 fully saturated rings. The highest BCUT2D eigenvalue weighted by molar-refractivity contribution is 5.84. The summed E-state index contributed by atoms with van der Waals surface area (Å²) in [6, 6.07) is 1.24. The largest absolute Gasteiger partial charge is 0.351 e. The Hall–Kier alpha value is -1.97. The van der Waals surface area contributed by atoms with Gasteiger partial charge in [0.1, 0.15) is 0 Å². The van der Waals surface area contributed by atoms with Crippen LogP contribution in [0.3, 0.4) is 0 Å². The molecule has 0 radical (unpaired) electrons. The number of piperidine rings is 1. The van der Waals surface area contributed by atoms with Gasteiger partial charge in [-0.15, -0.1) is 0 Å². The summed E-state index contributed by atoms with van der Waals surface area (Å²) in [7, 11) is 0. The van der Waals surface area contributed by atoms with Crippen molar-refractivity contribution in [2.45, 2.75) is 154 Å². The van der Waals surface area contributed by atoms with Crippen molar-refractivity contribution in [2.24, 2.45) is 11.7 Å². The molecule has 0 bridgehead atoms. The second-order valence-corrected chi connectivity index (χ2v) is 13.4. The number of fused-ring (bicyclic) bond motifs is 1. The predicted octanol–water partition coefficient (Wildman–Crippen LogP) is 7.42. The summed E-state index contributed by atoms with van der Waals surface area (Å²) in [5.41, 5.74) is 11.6. The van der Waals surface area contributed by atoms with Gasteiger partial charge in [-0.25, -0.2) is 9.99 Å². The fourth-order valence-electron chi connectivity index (χ4n) is 6.85. The molecule has 0 aromatic carbocycles. The van der Waals surface area contributed by atoms with E-state index in [4.69, 9.17) is 20.7 Å². The van der Waals surface area contributed by atoms with E-state index in [1.54, 1.807) is 0 Å². The van der Waals surface area contributed by atoms with Gasteiger partial charge >= 0.3 is 0 Å². The second-order valence-electron chi connectivity index (χ2n) is 13.4. The zero-order chi connectivity index (χ0) is 30.3. The lowest BCUT2D eigenvalue weighted by molar-refractivity contribution is 0.207. The van der Waals surface area contributed by atoms with Gasteiger partial charge in [0.05, 0.1) is 6.33 Å². The number of rotatable bonds is 15. The lowest BCUT2D eigenvalue weighted by Gasteiger charge is -2.32. The number of nitrogens with zero attached hydrogens (tertiary/aromatic N) is 5. The molecular formula is C34H63N9. The molecule has 43 heavy (non-hydrogen) atoms. The third-order valence-electron chi connectivity index (χ3n) is 9.75. The molecule has 3 aliphatic rings. The number of nitrogens with two attached hydrogens (primary N) is 1. The maximum atomic E-state index is 6.13. The molecule has 1 aliphatic heterocycles. The Labute approximate surface area is 261 Å². The van der Waals surface area contributed by atoms with E-state index >= 15 is 0 Å². The molecule has 2 saturated carbocycles. The van der Waals surface area contributed by atoms with Crippen LogP contribution in [0.1, 0.15) is 142 Å². The highest BCUT2D eigenvalue weighted by Gasteiger charge is 2.25. The Balaban J connectivity index is 0.000000410. The molecular weight excluding hydrogens is 534 g/mol. The first kappa shape index (κ1) is 33.9. The van der Waals surface area contributed by atoms with Gasteiger partial charge in [0.15, 0.2) is 17.0 Å². The third kappa shape index (κ3) is 10.9. The van der Waals surface area contributed by atoms with Crippen molar-refractivity contribution in [3.05, 3.63) is 6.33 Å². The first-order valence-corrected chi connectivity index (χ1v) is 18.1. The topological polar surface area (TPSA) is 109 Å². The second kappa shape index (κ2) is 18.7. The quantitative estimate of drug-likeness (QED) is 0.157. The molecule has 2 aliphatic carbocycles. The molecule has 3 heterocycles. The van der Waals surface area contributed by atoms with Gasteiger partial charge in [0.2, 0.25) is 5.95 Å². The minimum atomic E-state index is 0.340. The molecule has 0 spiro atoms. The average molecular weight is 598 g/mol. The van der Waals surface area contributed by atoms with Crippen LogP contribution < -0.4 is 21.8 Å². The number of unbranched alkanes of at least 4 members (excludes halogenated alkanes) is 4. The SMILES string of the molecule is CCCCCC1CCN(Nc2nc(NC3CCC(N)CC3)nc3c2ncn3C2CCCC2)CC1.CCCCNCCCC. The van der Waals surface area contributed by atoms with E-state index in [0.717, 1.165) is 67.6 Å². The summed E-state index contributed by atoms with van der Waals surface area (Å²) in [6.07, 6.45) is 24.5. The van der Waals surface area contributed by atoms with Crippen LogP contribution in [-0.4, -0.2) is 62.8 Å². The van der Waals surface area contributed by atoms with Gasteiger partial charge in [0, 0.05) is 31.2 Å². The fraction of sp³-hybridized carbons (Fsp3) is 0.853. The first-order valence-electron chi connectivity index (χ1n) is 18.1. The highest BCUT2D eigenvalue weighted by atomic mass is 15.5. The summed E-state index contributed by atoms with van der Waals surface area (Å²) >= 11 is 0. The van der Waals surface area contributed by atoms with Crippen molar-refractivity contribution >= 4 is 22.9 Å². The third-order valence-corrected chi connectivity index (χ3v) is 9.75. The van der Waals surface area contributed by atoms with Crippen LogP contribution in [0, 0.1) is 5.92 Å². The number of hydrazine groups is 1. The molecule has 9 heteroatoms. The number of hydrogen-bond donors (Lipinski definition) is 4. The van der Waals surface area contributed by atoms with E-state index in [2.05, 4.69) is 46.4 Å². The van der Waals surface area contributed by atoms with Crippen LogP contribution >= 0.6 is 0 Å². The molecule has 2 aromatic heterocycles. The number of nitrogens with one attached hydrogen (secondary N) is 3. The van der Waals surface area contributed by atoms with Crippen molar-refractivity contribution < 1.29 is 0 Å². The summed E-state index contributed by atoms with van der Waals surface area (Å²) in [5, 5.41) is 9.37. The van der Waals surface area contributed by atoms with Crippen molar-refractivity contribution in [1.29, 1.82) is 0 Å². The fourth-order valence-corrected chi connectivity index (χ4v) is 6.85. The zero-order valence-corrected chi connectivity index (χ0v) is 27.8. The van der Waals surface area contributed by atoms with Gasteiger partial charge in [0.25, 0.3) is 0 Å². The van der Waals surface area contributed by atoms with Crippen LogP contribution in [0.15, 0.2) is 6.33 Å². The van der Waals surface area contributed by atoms with Crippen molar-refractivity contribution in [3.8, 4) is 0 Å². The minimum Gasteiger partial charge on any atom is -0.351 e. The normalized spacial score (nSPS) is 22.0. The zero-order valence-electron chi connectivity index (χ0n) is 27.8. The van der Waals surface area contributed by atoms with Crippen LogP contribution in [-0.2, 0) is 0 Å². The van der Waals surface area contributed by atoms with E-state index in [0.29, 0.717) is 18.1 Å². The van der Waals surface area contributed by atoms with Crippen LogP contribution in [0.2, 0.25) is 0 Å². The maximum Gasteiger partial charge on any atom is 0.227 e. The van der Waals surface area contributed by atoms with Gasteiger partial charge < -0.3 is 26.4 Å². The molecule has 9 nitrogen and oxygen atoms in total. The lowest BCUT2D eigenvalue weighted by Crippen LogP contribution is -2.38. The molecule has 2 aromatic rings. The van der Waals surface area contributed by atoms with Crippen LogP contribution in [0.4, 0.5) is 11.8 Å². The first-order chi connectivity index (χ1) is 21.1. The molecule has 5 rings (SSSR count). The van der Waals surface area contributed by atoms with Gasteiger partial charge in [-0.05, 0) is 83.2 Å². The minimum absolute atomic E-state index is 0.340. The molecule has 0 amide bonds. The van der Waals surface area contributed by atoms with E-state index < -0.39 is 0 Å². The smallest absolute Gasteiger partial charge is 0.227 e. The number of aromatic nitrogens is 4. The van der Waals surface area contributed by atoms with Crippen molar-refractivity contribution in [1.82, 2.24) is 29.8 Å². The molecule has 1 saturated heterocycles. The summed E-state index contributed by atoms with van der Waals surface area (Å²) in [5.74, 6) is 2.44. The van der Waals surface area contributed by atoms with E-state index in [9.17, 15) is 0 Å². The lowest BCUT2D eigenvalue weighted by atomic mass is 9.92. The van der Waals surface area contributed by atoms with Crippen LogP contribution in [0.5, 0.6) is 0 Å². The monoisotopic (exact) mass is 598 g/mol. The Morgan fingerprint density at radius 1 is 0.814 bits per heavy atom. The van der Waals surface area contributed by atoms with Crippen molar-refractivity contribution in [3.63, 3.8) is 0 Å². The molecule has 0 unspecified atom stereocenters. The summed E-state index contributed by atoms with van der Waals surface area (Å²) in [6.45, 7) is 11.3. The summed E-state index contributed by atoms with van der Waals surface area (Å²) in [4.78, 5) is 14.7. The highest BCUT2D eigenvalue weighted by Crippen LogP contribution is 2.34. The van der Waals surface area contributed by atoms with E-state index in [1.807, 2.05) is 6.33 Å². The van der Waals surface area contributed by atoms with Gasteiger partial charge in [-0.1, -0.05) is 72.1 Å². The predicted molar refractivity (Wildman–Crippen MR) is 181 cm³/mol. The average Bonchev–Trinajstić information content (AvgIpc) is 3.70. The maximum absolute atomic E-state index is 6.13. The standard InChI is InChI=1S/C26H44N8.C8H19N/c1-2-3-4-7-19-14-16-33(17-15-19)32-24-23-25(34(18-28-23)22-8-5-6-9-22)31-26(30-24)29-21-12-10-20(27)11-13-21;1-3-5-7-9-8-6-4-2/h18-22H,2-17,27H2,1H3,(H2,29,30,31,32);9H,3-8H2,1-2H3. The van der Waals surface area contributed by atoms with Crippen LogP contribution in [0.25, 0.3) is 11.2 Å². The number of imidazole rings is 1. The number of hydrogen-bond acceptors (Lipinski definition) is 8. The number of anilines is 2. The Bertz CT molecular complexity index is 1010. The Morgan fingerprint density at radius 2 is 1.49 bits per heavy atom. The van der Waals surface area contributed by atoms with Gasteiger partial charge in [-0.3, -0.25) is 0 Å². The van der Waals surface area contributed by atoms with E-state index in [1.165, 1.54) is 103 Å². The Morgan fingerprint density at radius 3 is 2.14 bits per heavy atom. The molecule has 244 valence electrons. The van der Waals surface area contributed by atoms with E-state index in [-0.39, 0.29) is 0 Å². The Kier molecular flexibility index (Phi) is 14.8. The summed E-state index contributed by atoms with van der Waals surface area (Å²) < 4.78 is 2.30. The molecule has 0 atom stereocenters. The van der Waals surface area contributed by atoms with Gasteiger partial charge in [-0.2, -0.15) is 9.97 Å². The molecule has 5 N–H and O–H groups in total. The van der Waals surface area contributed by atoms with Crippen molar-refractivity contribution in [2.75, 3.05) is 36.9 Å².